The number of pyridine rings is 1. The zero-order valence-corrected chi connectivity index (χ0v) is 11.9. The Morgan fingerprint density at radius 2 is 2.05 bits per heavy atom. The van der Waals surface area contributed by atoms with Gasteiger partial charge >= 0.3 is 5.97 Å². The molecule has 0 unspecified atom stereocenters. The van der Waals surface area contributed by atoms with Crippen LogP contribution in [0.3, 0.4) is 0 Å². The zero-order chi connectivity index (χ0) is 14.9. The lowest BCUT2D eigenvalue weighted by atomic mass is 10.1. The fraction of sp³-hybridized carbons (Fsp3) is 0.357. The van der Waals surface area contributed by atoms with Crippen molar-refractivity contribution >= 4 is 28.6 Å². The summed E-state index contributed by atoms with van der Waals surface area (Å²) in [6.45, 7) is 6.83. The first kappa shape index (κ1) is 14.0. The van der Waals surface area contributed by atoms with E-state index >= 15 is 0 Å². The van der Waals surface area contributed by atoms with Crippen molar-refractivity contribution in [1.82, 2.24) is 9.97 Å². The monoisotopic (exact) mass is 275 g/mol. The van der Waals surface area contributed by atoms with Crippen LogP contribution in [0.5, 0.6) is 0 Å². The summed E-state index contributed by atoms with van der Waals surface area (Å²) in [6.07, 6.45) is 3.15. The first-order valence-corrected chi connectivity index (χ1v) is 6.24. The van der Waals surface area contributed by atoms with Gasteiger partial charge in [-0.1, -0.05) is 0 Å². The first-order valence-electron chi connectivity index (χ1n) is 6.24. The molecule has 2 aromatic rings. The van der Waals surface area contributed by atoms with E-state index in [0.29, 0.717) is 22.3 Å². The summed E-state index contributed by atoms with van der Waals surface area (Å²) in [5, 5.41) is 3.25. The van der Waals surface area contributed by atoms with Crippen LogP contribution in [0.4, 0.5) is 5.82 Å². The van der Waals surface area contributed by atoms with Gasteiger partial charge in [0, 0.05) is 18.5 Å². The van der Waals surface area contributed by atoms with Crippen LogP contribution in [0.25, 0.3) is 10.9 Å². The summed E-state index contributed by atoms with van der Waals surface area (Å²) < 4.78 is 5.34. The number of fused-ring (bicyclic) bond motifs is 1. The zero-order valence-electron chi connectivity index (χ0n) is 11.9. The van der Waals surface area contributed by atoms with Crippen LogP contribution in [0.1, 0.15) is 38.1 Å². The number of esters is 1. The van der Waals surface area contributed by atoms with Gasteiger partial charge in [-0.25, -0.2) is 9.78 Å². The topological polar surface area (TPSA) is 84.1 Å². The molecule has 0 aliphatic rings. The van der Waals surface area contributed by atoms with Crippen molar-refractivity contribution in [2.24, 2.45) is 0 Å². The molecule has 2 rings (SSSR count). The van der Waals surface area contributed by atoms with Crippen molar-refractivity contribution in [2.45, 2.75) is 33.3 Å². The summed E-state index contributed by atoms with van der Waals surface area (Å²) in [7, 11) is 0. The van der Waals surface area contributed by atoms with Gasteiger partial charge in [0.25, 0.3) is 0 Å². The Kier molecular flexibility index (Phi) is 3.48. The third-order valence-corrected chi connectivity index (χ3v) is 2.49. The Labute approximate surface area is 116 Å². The number of aromatic amines is 1. The number of aromatic nitrogens is 2. The van der Waals surface area contributed by atoms with Crippen LogP contribution in [-0.2, 0) is 9.53 Å². The van der Waals surface area contributed by atoms with Gasteiger partial charge in [-0.05, 0) is 26.8 Å². The Morgan fingerprint density at radius 3 is 2.65 bits per heavy atom. The predicted molar refractivity (Wildman–Crippen MR) is 75.6 cm³/mol. The lowest BCUT2D eigenvalue weighted by molar-refractivity contribution is -0.114. The number of carbonyl (C=O) groups excluding carboxylic acids is 2. The fourth-order valence-electron chi connectivity index (χ4n) is 1.77. The molecular formula is C14H17N3O3. The Morgan fingerprint density at radius 1 is 1.35 bits per heavy atom. The molecule has 0 bridgehead atoms. The molecule has 6 nitrogen and oxygen atoms in total. The van der Waals surface area contributed by atoms with Gasteiger partial charge in [0.1, 0.15) is 11.4 Å². The summed E-state index contributed by atoms with van der Waals surface area (Å²) in [5.74, 6) is -0.232. The standard InChI is InChI=1S/C14H17N3O3/c1-8(18)17-12-5-9-10(6-15-11(9)7-16-12)13(19)20-14(2,3)4/h5-7,15H,1-4H3,(H,16,17,18). The fourth-order valence-corrected chi connectivity index (χ4v) is 1.77. The average Bonchev–Trinajstić information content (AvgIpc) is 2.68. The first-order chi connectivity index (χ1) is 9.26. The largest absolute Gasteiger partial charge is 0.456 e. The second kappa shape index (κ2) is 4.96. The second-order valence-corrected chi connectivity index (χ2v) is 5.50. The number of rotatable bonds is 2. The van der Waals surface area contributed by atoms with E-state index in [1.807, 2.05) is 20.8 Å². The summed E-state index contributed by atoms with van der Waals surface area (Å²) in [6, 6.07) is 1.65. The van der Waals surface area contributed by atoms with Gasteiger partial charge in [-0.15, -0.1) is 0 Å². The van der Waals surface area contributed by atoms with Crippen LogP contribution in [-0.4, -0.2) is 27.4 Å². The van der Waals surface area contributed by atoms with Crippen LogP contribution < -0.4 is 5.32 Å². The normalized spacial score (nSPS) is 11.4. The maximum atomic E-state index is 12.1. The molecule has 0 fully saturated rings. The van der Waals surface area contributed by atoms with Gasteiger partial charge in [-0.3, -0.25) is 4.79 Å². The molecule has 0 saturated heterocycles. The third kappa shape index (κ3) is 3.14. The number of hydrogen-bond acceptors (Lipinski definition) is 4. The van der Waals surface area contributed by atoms with Crippen molar-refractivity contribution in [3.8, 4) is 0 Å². The van der Waals surface area contributed by atoms with E-state index in [2.05, 4.69) is 15.3 Å². The molecule has 2 aromatic heterocycles. The lowest BCUT2D eigenvalue weighted by Crippen LogP contribution is -2.23. The van der Waals surface area contributed by atoms with Crippen LogP contribution in [0.15, 0.2) is 18.5 Å². The minimum absolute atomic E-state index is 0.216. The average molecular weight is 275 g/mol. The van der Waals surface area contributed by atoms with Crippen LogP contribution in [0, 0.1) is 0 Å². The highest BCUT2D eigenvalue weighted by molar-refractivity contribution is 6.05. The number of nitrogens with zero attached hydrogens (tertiary/aromatic N) is 1. The van der Waals surface area contributed by atoms with E-state index in [1.54, 1.807) is 18.5 Å². The summed E-state index contributed by atoms with van der Waals surface area (Å²) >= 11 is 0. The molecule has 0 atom stereocenters. The van der Waals surface area contributed by atoms with E-state index in [1.165, 1.54) is 6.92 Å². The number of nitrogens with one attached hydrogen (secondary N) is 2. The molecule has 1 amide bonds. The third-order valence-electron chi connectivity index (χ3n) is 2.49. The van der Waals surface area contributed by atoms with E-state index in [0.717, 1.165) is 0 Å². The van der Waals surface area contributed by atoms with Crippen LogP contribution >= 0.6 is 0 Å². The predicted octanol–water partition coefficient (Wildman–Crippen LogP) is 2.48. The van der Waals surface area contributed by atoms with Gasteiger partial charge in [0.2, 0.25) is 5.91 Å². The van der Waals surface area contributed by atoms with Crippen LogP contribution in [0.2, 0.25) is 0 Å². The lowest BCUT2D eigenvalue weighted by Gasteiger charge is -2.19. The molecule has 2 N–H and O–H groups in total. The number of carbonyl (C=O) groups is 2. The maximum absolute atomic E-state index is 12.1. The molecule has 0 aliphatic carbocycles. The minimum Gasteiger partial charge on any atom is -0.456 e. The highest BCUT2D eigenvalue weighted by atomic mass is 16.6. The number of hydrogen-bond donors (Lipinski definition) is 2. The Bertz CT molecular complexity index is 668. The number of amides is 1. The van der Waals surface area contributed by atoms with E-state index in [4.69, 9.17) is 4.74 Å². The SMILES string of the molecule is CC(=O)Nc1cc2c(C(=O)OC(C)(C)C)c[nH]c2cn1. The number of H-pyrrole nitrogens is 1. The van der Waals surface area contributed by atoms with E-state index in [-0.39, 0.29) is 5.91 Å². The van der Waals surface area contributed by atoms with Gasteiger partial charge in [0.15, 0.2) is 0 Å². The molecule has 106 valence electrons. The molecule has 2 heterocycles. The van der Waals surface area contributed by atoms with Gasteiger partial charge in [-0.2, -0.15) is 0 Å². The Balaban J connectivity index is 2.39. The van der Waals surface area contributed by atoms with Crippen molar-refractivity contribution in [3.63, 3.8) is 0 Å². The van der Waals surface area contributed by atoms with Crippen molar-refractivity contribution in [3.05, 3.63) is 24.0 Å². The second-order valence-electron chi connectivity index (χ2n) is 5.50. The quantitative estimate of drug-likeness (QED) is 0.825. The molecule has 20 heavy (non-hydrogen) atoms. The van der Waals surface area contributed by atoms with E-state index in [9.17, 15) is 9.59 Å². The van der Waals surface area contributed by atoms with Crippen molar-refractivity contribution in [1.29, 1.82) is 0 Å². The van der Waals surface area contributed by atoms with Crippen molar-refractivity contribution < 1.29 is 14.3 Å². The van der Waals surface area contributed by atoms with Crippen molar-refractivity contribution in [2.75, 3.05) is 5.32 Å². The highest BCUT2D eigenvalue weighted by Crippen LogP contribution is 2.22. The number of ether oxygens (including phenoxy) is 1. The molecule has 0 aromatic carbocycles. The molecule has 0 radical (unpaired) electrons. The summed E-state index contributed by atoms with van der Waals surface area (Å²) in [5.41, 5.74) is 0.567. The number of anilines is 1. The molecule has 0 aliphatic heterocycles. The van der Waals surface area contributed by atoms with Gasteiger partial charge < -0.3 is 15.0 Å². The summed E-state index contributed by atoms with van der Waals surface area (Å²) in [4.78, 5) is 30.2. The van der Waals surface area contributed by atoms with Gasteiger partial charge in [0.05, 0.1) is 17.3 Å². The highest BCUT2D eigenvalue weighted by Gasteiger charge is 2.21. The van der Waals surface area contributed by atoms with E-state index < -0.39 is 11.6 Å². The molecule has 6 heteroatoms. The minimum atomic E-state index is -0.561. The smallest absolute Gasteiger partial charge is 0.340 e. The molecule has 0 saturated carbocycles. The molecule has 0 spiro atoms. The Hall–Kier alpha value is -2.37. The maximum Gasteiger partial charge on any atom is 0.340 e. The molecular weight excluding hydrogens is 258 g/mol.